The number of hydrogen-bond acceptors (Lipinski definition) is 5. The number of carbonyl (C=O) groups is 1. The van der Waals surface area contributed by atoms with Gasteiger partial charge in [-0.25, -0.2) is 4.39 Å². The normalized spacial score (nSPS) is 19.1. The molecule has 2 aromatic carbocycles. The Hall–Kier alpha value is -3.19. The molecule has 0 N–H and O–H groups in total. The second-order valence-electron chi connectivity index (χ2n) is 8.57. The molecular formula is C26H27FN2O4. The van der Waals surface area contributed by atoms with E-state index >= 15 is 0 Å². The maximum atomic E-state index is 14.4. The second-order valence-corrected chi connectivity index (χ2v) is 8.57. The van der Waals surface area contributed by atoms with Crippen LogP contribution in [0.5, 0.6) is 11.5 Å². The smallest absolute Gasteiger partial charge is 0.251 e. The Kier molecular flexibility index (Phi) is 6.13. The summed E-state index contributed by atoms with van der Waals surface area (Å²) in [7, 11) is 1.51. The number of ether oxygens (including phenoxy) is 3. The summed E-state index contributed by atoms with van der Waals surface area (Å²) in [5.41, 5.74) is 2.32. The lowest BCUT2D eigenvalue weighted by Gasteiger charge is -2.33. The first-order valence-electron chi connectivity index (χ1n) is 11.4. The van der Waals surface area contributed by atoms with E-state index in [0.717, 1.165) is 42.6 Å². The molecule has 0 unspecified atom stereocenters. The fourth-order valence-electron chi connectivity index (χ4n) is 4.52. The molecule has 2 aliphatic heterocycles. The van der Waals surface area contributed by atoms with E-state index < -0.39 is 0 Å². The fourth-order valence-corrected chi connectivity index (χ4v) is 4.52. The van der Waals surface area contributed by atoms with Gasteiger partial charge < -0.3 is 19.1 Å². The Morgan fingerprint density at radius 3 is 2.55 bits per heavy atom. The van der Waals surface area contributed by atoms with Gasteiger partial charge in [0.15, 0.2) is 0 Å². The van der Waals surface area contributed by atoms with E-state index in [1.807, 2.05) is 29.2 Å². The van der Waals surface area contributed by atoms with Crippen molar-refractivity contribution in [3.63, 3.8) is 0 Å². The van der Waals surface area contributed by atoms with Gasteiger partial charge in [-0.3, -0.25) is 9.78 Å². The second kappa shape index (κ2) is 9.35. The first-order chi connectivity index (χ1) is 16.1. The summed E-state index contributed by atoms with van der Waals surface area (Å²) in [6.07, 6.45) is 4.96. The number of hydrogen-bond donors (Lipinski definition) is 0. The molecule has 6 nitrogen and oxygen atoms in total. The highest BCUT2D eigenvalue weighted by molar-refractivity contribution is 5.85. The highest BCUT2D eigenvalue weighted by atomic mass is 19.1. The summed E-state index contributed by atoms with van der Waals surface area (Å²) >= 11 is 0. The number of fused-ring (bicyclic) bond motifs is 1. The van der Waals surface area contributed by atoms with Crippen LogP contribution in [-0.4, -0.2) is 54.8 Å². The summed E-state index contributed by atoms with van der Waals surface area (Å²) < 4.78 is 31.2. The topological polar surface area (TPSA) is 60.9 Å². The van der Waals surface area contributed by atoms with Crippen molar-refractivity contribution in [3.8, 4) is 22.6 Å². The molecule has 7 heteroatoms. The first-order valence-corrected chi connectivity index (χ1v) is 11.4. The number of carbonyl (C=O) groups excluding carboxylic acids is 1. The Morgan fingerprint density at radius 2 is 1.85 bits per heavy atom. The Bertz CT molecular complexity index is 1140. The number of halogens is 1. The van der Waals surface area contributed by atoms with Crippen molar-refractivity contribution in [3.05, 3.63) is 54.5 Å². The van der Waals surface area contributed by atoms with Gasteiger partial charge >= 0.3 is 0 Å². The number of benzene rings is 2. The zero-order valence-electron chi connectivity index (χ0n) is 18.6. The van der Waals surface area contributed by atoms with Gasteiger partial charge in [-0.15, -0.1) is 0 Å². The first kappa shape index (κ1) is 21.6. The molecule has 33 heavy (non-hydrogen) atoms. The lowest BCUT2D eigenvalue weighted by molar-refractivity contribution is -0.142. The average molecular weight is 451 g/mol. The number of methoxy groups -OCH3 is 1. The Labute approximate surface area is 192 Å². The van der Waals surface area contributed by atoms with Crippen LogP contribution in [0.15, 0.2) is 48.7 Å². The van der Waals surface area contributed by atoms with Gasteiger partial charge in [0.25, 0.3) is 5.91 Å². The molecule has 2 fully saturated rings. The molecule has 1 aromatic heterocycles. The van der Waals surface area contributed by atoms with Crippen molar-refractivity contribution in [1.82, 2.24) is 9.88 Å². The standard InChI is InChI=1S/C26H27FN2O4/c1-31-21-14-23(27)22-13-18(16-28-24(22)15-21)17-4-6-19(7-5-17)33-20-8-10-29(11-9-20)26(30)25-3-2-12-32-25/h4-7,13-16,20,25H,2-3,8-12H2,1H3/t25-/m1/s1. The van der Waals surface area contributed by atoms with Crippen LogP contribution < -0.4 is 9.47 Å². The molecule has 1 amide bonds. The van der Waals surface area contributed by atoms with Crippen LogP contribution >= 0.6 is 0 Å². The predicted octanol–water partition coefficient (Wildman–Crippen LogP) is 4.60. The molecule has 3 heterocycles. The molecule has 0 saturated carbocycles. The number of amides is 1. The van der Waals surface area contributed by atoms with Crippen molar-refractivity contribution in [2.24, 2.45) is 0 Å². The summed E-state index contributed by atoms with van der Waals surface area (Å²) in [5, 5.41) is 0.456. The highest BCUT2D eigenvalue weighted by Crippen LogP contribution is 2.29. The number of aromatic nitrogens is 1. The van der Waals surface area contributed by atoms with Crippen LogP contribution in [0.1, 0.15) is 25.7 Å². The number of rotatable bonds is 5. The third-order valence-electron chi connectivity index (χ3n) is 6.41. The van der Waals surface area contributed by atoms with Crippen molar-refractivity contribution in [2.45, 2.75) is 37.9 Å². The molecule has 3 aromatic rings. The van der Waals surface area contributed by atoms with Gasteiger partial charge in [0.05, 0.1) is 12.6 Å². The van der Waals surface area contributed by atoms with Crippen LogP contribution in [0.4, 0.5) is 4.39 Å². The zero-order chi connectivity index (χ0) is 22.8. The molecule has 5 rings (SSSR count). The number of pyridine rings is 1. The van der Waals surface area contributed by atoms with Gasteiger partial charge in [0, 0.05) is 61.8 Å². The average Bonchev–Trinajstić information content (AvgIpc) is 3.39. The highest BCUT2D eigenvalue weighted by Gasteiger charge is 2.31. The van der Waals surface area contributed by atoms with E-state index in [4.69, 9.17) is 14.2 Å². The predicted molar refractivity (Wildman–Crippen MR) is 123 cm³/mol. The minimum Gasteiger partial charge on any atom is -0.497 e. The largest absolute Gasteiger partial charge is 0.497 e. The molecule has 2 aliphatic rings. The summed E-state index contributed by atoms with van der Waals surface area (Å²) in [6, 6.07) is 12.6. The molecule has 2 saturated heterocycles. The van der Waals surface area contributed by atoms with Crippen molar-refractivity contribution < 1.29 is 23.4 Å². The van der Waals surface area contributed by atoms with Gasteiger partial charge in [-0.1, -0.05) is 12.1 Å². The third kappa shape index (κ3) is 4.64. The van der Waals surface area contributed by atoms with Crippen LogP contribution in [0, 0.1) is 5.82 Å². The van der Waals surface area contributed by atoms with Crippen LogP contribution in [0.3, 0.4) is 0 Å². The van der Waals surface area contributed by atoms with E-state index in [0.29, 0.717) is 36.3 Å². The zero-order valence-corrected chi connectivity index (χ0v) is 18.6. The summed E-state index contributed by atoms with van der Waals surface area (Å²) in [5.74, 6) is 0.994. The van der Waals surface area contributed by atoms with Gasteiger partial charge in [-0.2, -0.15) is 0 Å². The summed E-state index contributed by atoms with van der Waals surface area (Å²) in [6.45, 7) is 2.08. The maximum absolute atomic E-state index is 14.4. The molecule has 0 spiro atoms. The quantitative estimate of drug-likeness (QED) is 0.569. The SMILES string of the molecule is COc1cc(F)c2cc(-c3ccc(OC4CCN(C(=O)[C@H]5CCCO5)CC4)cc3)cnc2c1. The molecule has 0 radical (unpaired) electrons. The number of likely N-dealkylation sites (tertiary alicyclic amines) is 1. The number of piperidine rings is 1. The van der Waals surface area contributed by atoms with Crippen LogP contribution in [0.2, 0.25) is 0 Å². The monoisotopic (exact) mass is 450 g/mol. The van der Waals surface area contributed by atoms with E-state index in [9.17, 15) is 9.18 Å². The molecular weight excluding hydrogens is 423 g/mol. The fraction of sp³-hybridized carbons (Fsp3) is 0.385. The van der Waals surface area contributed by atoms with Gasteiger partial charge in [0.1, 0.15) is 29.5 Å². The minimum absolute atomic E-state index is 0.0795. The lowest BCUT2D eigenvalue weighted by atomic mass is 10.0. The van der Waals surface area contributed by atoms with Gasteiger partial charge in [0.2, 0.25) is 0 Å². The van der Waals surface area contributed by atoms with Crippen LogP contribution in [0.25, 0.3) is 22.0 Å². The van der Waals surface area contributed by atoms with Crippen LogP contribution in [-0.2, 0) is 9.53 Å². The summed E-state index contributed by atoms with van der Waals surface area (Å²) in [4.78, 5) is 18.8. The van der Waals surface area contributed by atoms with E-state index in [2.05, 4.69) is 4.98 Å². The molecule has 0 aliphatic carbocycles. The van der Waals surface area contributed by atoms with E-state index in [-0.39, 0.29) is 23.9 Å². The van der Waals surface area contributed by atoms with Crippen molar-refractivity contribution >= 4 is 16.8 Å². The van der Waals surface area contributed by atoms with Crippen molar-refractivity contribution in [2.75, 3.05) is 26.8 Å². The van der Waals surface area contributed by atoms with E-state index in [1.165, 1.54) is 13.2 Å². The van der Waals surface area contributed by atoms with Gasteiger partial charge in [-0.05, 0) is 36.6 Å². The Balaban J connectivity index is 1.21. The maximum Gasteiger partial charge on any atom is 0.251 e. The molecule has 0 bridgehead atoms. The number of nitrogens with zero attached hydrogens (tertiary/aromatic N) is 2. The van der Waals surface area contributed by atoms with E-state index in [1.54, 1.807) is 18.3 Å². The minimum atomic E-state index is -0.358. The third-order valence-corrected chi connectivity index (χ3v) is 6.41. The Morgan fingerprint density at radius 1 is 1.06 bits per heavy atom. The molecule has 172 valence electrons. The molecule has 1 atom stereocenters. The lowest BCUT2D eigenvalue weighted by Crippen LogP contribution is -2.45. The van der Waals surface area contributed by atoms with Crippen molar-refractivity contribution in [1.29, 1.82) is 0 Å².